The van der Waals surface area contributed by atoms with Crippen LogP contribution >= 0.6 is 0 Å². The molecule has 0 amide bonds. The Morgan fingerprint density at radius 3 is 1.36 bits per heavy atom. The highest BCUT2D eigenvalue weighted by molar-refractivity contribution is 4.60. The van der Waals surface area contributed by atoms with Gasteiger partial charge in [0.15, 0.2) is 6.29 Å². The second kappa shape index (κ2) is 9.40. The summed E-state index contributed by atoms with van der Waals surface area (Å²) in [7, 11) is 0. The molecule has 0 spiro atoms. The van der Waals surface area contributed by atoms with Crippen molar-refractivity contribution in [2.75, 3.05) is 13.2 Å². The maximum atomic E-state index is 8.44. The van der Waals surface area contributed by atoms with Gasteiger partial charge in [0, 0.05) is 19.6 Å². The summed E-state index contributed by atoms with van der Waals surface area (Å²) < 4.78 is 0. The lowest BCUT2D eigenvalue weighted by Crippen LogP contribution is -2.16. The van der Waals surface area contributed by atoms with E-state index in [9.17, 15) is 0 Å². The quantitative estimate of drug-likeness (QED) is 0.400. The Hall–Kier alpha value is -0.160. The van der Waals surface area contributed by atoms with Crippen LogP contribution < -0.4 is 0 Å². The molecule has 4 heteroatoms. The molecular weight excluding hydrogens is 184 g/mol. The standard InChI is InChI=1S/C6H14O2.C4H10O2/c1-6(2,3)4-5(7)8;5-3-1-2-4-6/h5,7-8H,4H2,1-3H3;5-6H,1-4H2. The highest BCUT2D eigenvalue weighted by Gasteiger charge is 2.13. The summed E-state index contributed by atoms with van der Waals surface area (Å²) in [5, 5.41) is 33.1. The lowest BCUT2D eigenvalue weighted by molar-refractivity contribution is -0.0648. The molecule has 0 bridgehead atoms. The van der Waals surface area contributed by atoms with Crippen molar-refractivity contribution in [1.82, 2.24) is 0 Å². The Morgan fingerprint density at radius 1 is 0.929 bits per heavy atom. The fraction of sp³-hybridized carbons (Fsp3) is 1.00. The third kappa shape index (κ3) is 22.6. The SMILES string of the molecule is CC(C)(C)CC(O)O.OCCCCO. The van der Waals surface area contributed by atoms with E-state index in [-0.39, 0.29) is 18.6 Å². The number of hydrogen-bond acceptors (Lipinski definition) is 4. The maximum absolute atomic E-state index is 8.44. The van der Waals surface area contributed by atoms with E-state index < -0.39 is 6.29 Å². The summed E-state index contributed by atoms with van der Waals surface area (Å²) in [6.07, 6.45) is 0.718. The van der Waals surface area contributed by atoms with Crippen LogP contribution in [0.5, 0.6) is 0 Å². The van der Waals surface area contributed by atoms with Crippen molar-refractivity contribution in [3.63, 3.8) is 0 Å². The fourth-order valence-electron chi connectivity index (χ4n) is 0.771. The first-order valence-electron chi connectivity index (χ1n) is 4.91. The average molecular weight is 208 g/mol. The molecule has 0 aromatic rings. The van der Waals surface area contributed by atoms with Gasteiger partial charge in [0.1, 0.15) is 0 Å². The van der Waals surface area contributed by atoms with E-state index in [1.807, 2.05) is 20.8 Å². The summed E-state index contributed by atoms with van der Waals surface area (Å²) in [5.74, 6) is 0. The number of hydrogen-bond donors (Lipinski definition) is 4. The Labute approximate surface area is 86.2 Å². The van der Waals surface area contributed by atoms with Crippen LogP contribution in [0.2, 0.25) is 0 Å². The second-order valence-corrected chi connectivity index (χ2v) is 4.40. The van der Waals surface area contributed by atoms with Gasteiger partial charge in [-0.05, 0) is 18.3 Å². The van der Waals surface area contributed by atoms with E-state index in [4.69, 9.17) is 20.4 Å². The highest BCUT2D eigenvalue weighted by atomic mass is 16.5. The van der Waals surface area contributed by atoms with Gasteiger partial charge in [-0.1, -0.05) is 20.8 Å². The predicted molar refractivity (Wildman–Crippen MR) is 55.7 cm³/mol. The third-order valence-electron chi connectivity index (χ3n) is 1.36. The van der Waals surface area contributed by atoms with Crippen molar-refractivity contribution >= 4 is 0 Å². The normalized spacial score (nSPS) is 11.1. The molecule has 0 aromatic heterocycles. The van der Waals surface area contributed by atoms with Gasteiger partial charge in [-0.25, -0.2) is 0 Å². The summed E-state index contributed by atoms with van der Waals surface area (Å²) in [5.41, 5.74) is 0.0220. The molecule has 88 valence electrons. The molecule has 0 unspecified atom stereocenters. The van der Waals surface area contributed by atoms with E-state index in [1.54, 1.807) is 0 Å². The van der Waals surface area contributed by atoms with Gasteiger partial charge in [0.25, 0.3) is 0 Å². The van der Waals surface area contributed by atoms with Gasteiger partial charge in [-0.3, -0.25) is 0 Å². The Morgan fingerprint density at radius 2 is 1.29 bits per heavy atom. The molecule has 0 atom stereocenters. The molecule has 0 aliphatic heterocycles. The van der Waals surface area contributed by atoms with Crippen LogP contribution in [-0.4, -0.2) is 39.9 Å². The molecule has 0 fully saturated rings. The van der Waals surface area contributed by atoms with Crippen molar-refractivity contribution in [3.05, 3.63) is 0 Å². The van der Waals surface area contributed by atoms with Gasteiger partial charge in [-0.2, -0.15) is 0 Å². The van der Waals surface area contributed by atoms with E-state index in [2.05, 4.69) is 0 Å². The van der Waals surface area contributed by atoms with Crippen molar-refractivity contribution in [2.24, 2.45) is 5.41 Å². The minimum atomic E-state index is -1.16. The van der Waals surface area contributed by atoms with Crippen molar-refractivity contribution in [2.45, 2.75) is 46.3 Å². The zero-order valence-corrected chi connectivity index (χ0v) is 9.40. The molecule has 0 aliphatic rings. The van der Waals surface area contributed by atoms with E-state index in [0.29, 0.717) is 6.42 Å². The lowest BCUT2D eigenvalue weighted by Gasteiger charge is -2.18. The lowest BCUT2D eigenvalue weighted by atomic mass is 9.92. The summed E-state index contributed by atoms with van der Waals surface area (Å²) in [6, 6.07) is 0. The molecule has 0 saturated heterocycles. The molecule has 0 radical (unpaired) electrons. The zero-order chi connectivity index (χ0) is 11.6. The van der Waals surface area contributed by atoms with Gasteiger partial charge in [-0.15, -0.1) is 0 Å². The van der Waals surface area contributed by atoms with E-state index in [0.717, 1.165) is 12.8 Å². The molecular formula is C10H24O4. The largest absolute Gasteiger partial charge is 0.396 e. The van der Waals surface area contributed by atoms with Crippen LogP contribution in [0, 0.1) is 5.41 Å². The molecule has 4 N–H and O–H groups in total. The predicted octanol–water partition coefficient (Wildman–Crippen LogP) is 0.484. The maximum Gasteiger partial charge on any atom is 0.151 e. The molecule has 4 nitrogen and oxygen atoms in total. The number of unbranched alkanes of at least 4 members (excludes halogenated alkanes) is 1. The molecule has 14 heavy (non-hydrogen) atoms. The van der Waals surface area contributed by atoms with Gasteiger partial charge >= 0.3 is 0 Å². The monoisotopic (exact) mass is 208 g/mol. The van der Waals surface area contributed by atoms with Crippen molar-refractivity contribution in [1.29, 1.82) is 0 Å². The first-order valence-corrected chi connectivity index (χ1v) is 4.91. The first-order chi connectivity index (χ1) is 6.33. The Balaban J connectivity index is 0. The minimum absolute atomic E-state index is 0.0220. The Bertz CT molecular complexity index is 103. The van der Waals surface area contributed by atoms with Crippen LogP contribution in [0.3, 0.4) is 0 Å². The molecule has 0 rings (SSSR count). The fourth-order valence-corrected chi connectivity index (χ4v) is 0.771. The smallest absolute Gasteiger partial charge is 0.151 e. The van der Waals surface area contributed by atoms with Gasteiger partial charge < -0.3 is 20.4 Å². The summed E-state index contributed by atoms with van der Waals surface area (Å²) in [4.78, 5) is 0. The van der Waals surface area contributed by atoms with E-state index >= 15 is 0 Å². The Kier molecular flexibility index (Phi) is 10.9. The molecule has 0 heterocycles. The molecule has 0 saturated carbocycles. The topological polar surface area (TPSA) is 80.9 Å². The molecule has 0 aliphatic carbocycles. The molecule has 0 aromatic carbocycles. The average Bonchev–Trinajstić information content (AvgIpc) is 1.97. The van der Waals surface area contributed by atoms with Crippen LogP contribution in [-0.2, 0) is 0 Å². The summed E-state index contributed by atoms with van der Waals surface area (Å²) in [6.45, 7) is 6.28. The van der Waals surface area contributed by atoms with Crippen molar-refractivity contribution < 1.29 is 20.4 Å². The number of aliphatic hydroxyl groups is 4. The summed E-state index contributed by atoms with van der Waals surface area (Å²) >= 11 is 0. The highest BCUT2D eigenvalue weighted by Crippen LogP contribution is 2.19. The van der Waals surface area contributed by atoms with Crippen LogP contribution in [0.1, 0.15) is 40.0 Å². The van der Waals surface area contributed by atoms with Crippen LogP contribution in [0.15, 0.2) is 0 Å². The first kappa shape index (κ1) is 16.3. The van der Waals surface area contributed by atoms with Crippen LogP contribution in [0.4, 0.5) is 0 Å². The number of aliphatic hydroxyl groups excluding tert-OH is 3. The van der Waals surface area contributed by atoms with Crippen LogP contribution in [0.25, 0.3) is 0 Å². The van der Waals surface area contributed by atoms with Crippen molar-refractivity contribution in [3.8, 4) is 0 Å². The second-order valence-electron chi connectivity index (χ2n) is 4.40. The van der Waals surface area contributed by atoms with Gasteiger partial charge in [0.05, 0.1) is 0 Å². The van der Waals surface area contributed by atoms with E-state index in [1.165, 1.54) is 0 Å². The van der Waals surface area contributed by atoms with Gasteiger partial charge in [0.2, 0.25) is 0 Å². The zero-order valence-electron chi connectivity index (χ0n) is 9.40. The minimum Gasteiger partial charge on any atom is -0.396 e. The number of rotatable bonds is 4. The third-order valence-corrected chi connectivity index (χ3v) is 1.36.